The van der Waals surface area contributed by atoms with Crippen molar-refractivity contribution in [3.8, 4) is 5.88 Å². The number of amides is 1. The van der Waals surface area contributed by atoms with Gasteiger partial charge in [-0.2, -0.15) is 0 Å². The van der Waals surface area contributed by atoms with Gasteiger partial charge < -0.3 is 10.1 Å². The fraction of sp³-hybridized carbons (Fsp3) is 0.176. The topological polar surface area (TPSA) is 51.2 Å². The van der Waals surface area contributed by atoms with E-state index >= 15 is 0 Å². The normalized spacial score (nSPS) is 10.6. The van der Waals surface area contributed by atoms with Crippen LogP contribution in [-0.2, 0) is 11.3 Å². The number of carbonyl (C=O) groups excluding carboxylic acids is 1. The predicted molar refractivity (Wildman–Crippen MR) is 87.7 cm³/mol. The lowest BCUT2D eigenvalue weighted by atomic mass is 10.2. The van der Waals surface area contributed by atoms with Gasteiger partial charge in [0.05, 0.1) is 6.61 Å². The van der Waals surface area contributed by atoms with E-state index in [1.807, 2.05) is 31.2 Å². The maximum Gasteiger partial charge on any atom is 0.244 e. The van der Waals surface area contributed by atoms with Crippen LogP contribution in [0.3, 0.4) is 0 Å². The molecule has 0 fully saturated rings. The van der Waals surface area contributed by atoms with Crippen molar-refractivity contribution < 1.29 is 9.53 Å². The number of nitrogens with zero attached hydrogens (tertiary/aromatic N) is 1. The number of nitrogens with one attached hydrogen (secondary N) is 1. The van der Waals surface area contributed by atoms with Crippen LogP contribution in [0.2, 0.25) is 5.02 Å². The summed E-state index contributed by atoms with van der Waals surface area (Å²) in [6, 6.07) is 11.0. The highest BCUT2D eigenvalue weighted by molar-refractivity contribution is 6.30. The quantitative estimate of drug-likeness (QED) is 0.830. The molecular weight excluding hydrogens is 300 g/mol. The smallest absolute Gasteiger partial charge is 0.244 e. The van der Waals surface area contributed by atoms with Crippen LogP contribution in [0.5, 0.6) is 5.88 Å². The second-order valence-corrected chi connectivity index (χ2v) is 4.94. The third-order valence-corrected chi connectivity index (χ3v) is 3.10. The molecule has 0 aliphatic rings. The van der Waals surface area contributed by atoms with Crippen LogP contribution in [0.4, 0.5) is 0 Å². The Morgan fingerprint density at radius 1 is 1.36 bits per heavy atom. The molecule has 1 heterocycles. The van der Waals surface area contributed by atoms with Gasteiger partial charge >= 0.3 is 0 Å². The van der Waals surface area contributed by atoms with Crippen molar-refractivity contribution in [2.75, 3.05) is 6.61 Å². The Labute approximate surface area is 134 Å². The van der Waals surface area contributed by atoms with Gasteiger partial charge in [-0.25, -0.2) is 4.98 Å². The molecule has 2 rings (SSSR count). The van der Waals surface area contributed by atoms with E-state index in [9.17, 15) is 4.79 Å². The lowest BCUT2D eigenvalue weighted by molar-refractivity contribution is -0.116. The number of rotatable bonds is 6. The van der Waals surface area contributed by atoms with Gasteiger partial charge in [0.15, 0.2) is 0 Å². The molecule has 2 aromatic rings. The molecule has 0 bridgehead atoms. The minimum Gasteiger partial charge on any atom is -0.478 e. The minimum atomic E-state index is -0.189. The number of halogens is 1. The van der Waals surface area contributed by atoms with E-state index in [1.54, 1.807) is 24.4 Å². The van der Waals surface area contributed by atoms with E-state index < -0.39 is 0 Å². The van der Waals surface area contributed by atoms with Gasteiger partial charge in [0.2, 0.25) is 11.8 Å². The van der Waals surface area contributed by atoms with Crippen LogP contribution in [0, 0.1) is 0 Å². The van der Waals surface area contributed by atoms with Crippen LogP contribution in [-0.4, -0.2) is 17.5 Å². The fourth-order valence-corrected chi connectivity index (χ4v) is 2.05. The lowest BCUT2D eigenvalue weighted by Gasteiger charge is -2.08. The van der Waals surface area contributed by atoms with Crippen LogP contribution < -0.4 is 10.1 Å². The molecular formula is C17H17ClN2O2. The Balaban J connectivity index is 1.93. The summed E-state index contributed by atoms with van der Waals surface area (Å²) in [7, 11) is 0. The first-order chi connectivity index (χ1) is 10.7. The molecule has 5 heteroatoms. The maximum absolute atomic E-state index is 11.9. The molecule has 0 saturated carbocycles. The van der Waals surface area contributed by atoms with Gasteiger partial charge in [-0.05, 0) is 36.8 Å². The van der Waals surface area contributed by atoms with Crippen LogP contribution >= 0.6 is 11.6 Å². The van der Waals surface area contributed by atoms with E-state index in [4.69, 9.17) is 16.3 Å². The van der Waals surface area contributed by atoms with Crippen molar-refractivity contribution in [3.63, 3.8) is 0 Å². The largest absolute Gasteiger partial charge is 0.478 e. The molecule has 0 unspecified atom stereocenters. The monoisotopic (exact) mass is 316 g/mol. The molecule has 1 aromatic heterocycles. The molecule has 4 nitrogen and oxygen atoms in total. The van der Waals surface area contributed by atoms with Crippen molar-refractivity contribution in [2.45, 2.75) is 13.5 Å². The summed E-state index contributed by atoms with van der Waals surface area (Å²) in [5.74, 6) is 0.357. The number of hydrogen-bond donors (Lipinski definition) is 1. The van der Waals surface area contributed by atoms with Crippen molar-refractivity contribution in [3.05, 3.63) is 64.8 Å². The van der Waals surface area contributed by atoms with Crippen molar-refractivity contribution in [1.29, 1.82) is 0 Å². The molecule has 114 valence electrons. The highest BCUT2D eigenvalue weighted by atomic mass is 35.5. The average molecular weight is 317 g/mol. The summed E-state index contributed by atoms with van der Waals surface area (Å²) >= 11 is 5.89. The number of carbonyl (C=O) groups is 1. The van der Waals surface area contributed by atoms with Crippen molar-refractivity contribution in [2.24, 2.45) is 0 Å². The molecule has 1 N–H and O–H groups in total. The summed E-state index contributed by atoms with van der Waals surface area (Å²) in [6.45, 7) is 2.79. The Bertz CT molecular complexity index is 671. The minimum absolute atomic E-state index is 0.189. The third-order valence-electron chi connectivity index (χ3n) is 2.86. The highest BCUT2D eigenvalue weighted by Gasteiger charge is 2.04. The van der Waals surface area contributed by atoms with Gasteiger partial charge in [-0.1, -0.05) is 29.8 Å². The molecule has 0 spiro atoms. The van der Waals surface area contributed by atoms with E-state index in [0.717, 1.165) is 11.1 Å². The van der Waals surface area contributed by atoms with E-state index in [-0.39, 0.29) is 5.91 Å². The molecule has 22 heavy (non-hydrogen) atoms. The van der Waals surface area contributed by atoms with Gasteiger partial charge in [-0.15, -0.1) is 0 Å². The molecule has 0 atom stereocenters. The van der Waals surface area contributed by atoms with E-state index in [1.165, 1.54) is 6.08 Å². The van der Waals surface area contributed by atoms with E-state index in [2.05, 4.69) is 10.3 Å². The zero-order valence-electron chi connectivity index (χ0n) is 12.3. The predicted octanol–water partition coefficient (Wildman–Crippen LogP) is 3.46. The second-order valence-electron chi connectivity index (χ2n) is 4.51. The number of benzene rings is 1. The molecule has 1 amide bonds. The summed E-state index contributed by atoms with van der Waals surface area (Å²) in [6.07, 6.45) is 4.85. The highest BCUT2D eigenvalue weighted by Crippen LogP contribution is 2.14. The Morgan fingerprint density at radius 2 is 2.23 bits per heavy atom. The third kappa shape index (κ3) is 4.90. The Kier molecular flexibility index (Phi) is 5.98. The molecule has 0 aliphatic carbocycles. The number of pyridine rings is 1. The van der Waals surface area contributed by atoms with Crippen molar-refractivity contribution in [1.82, 2.24) is 10.3 Å². The van der Waals surface area contributed by atoms with Gasteiger partial charge in [-0.3, -0.25) is 4.79 Å². The van der Waals surface area contributed by atoms with Crippen molar-refractivity contribution >= 4 is 23.6 Å². The molecule has 0 aliphatic heterocycles. The molecule has 0 saturated heterocycles. The van der Waals surface area contributed by atoms with Gasteiger partial charge in [0.1, 0.15) is 0 Å². The summed E-state index contributed by atoms with van der Waals surface area (Å²) in [4.78, 5) is 16.0. The summed E-state index contributed by atoms with van der Waals surface area (Å²) in [5, 5.41) is 3.44. The zero-order valence-corrected chi connectivity index (χ0v) is 13.0. The molecule has 0 radical (unpaired) electrons. The number of ether oxygens (including phenoxy) is 1. The van der Waals surface area contributed by atoms with Gasteiger partial charge in [0, 0.05) is 29.4 Å². The first kappa shape index (κ1) is 16.0. The lowest BCUT2D eigenvalue weighted by Crippen LogP contribution is -2.20. The van der Waals surface area contributed by atoms with E-state index in [0.29, 0.717) is 24.1 Å². The Morgan fingerprint density at radius 3 is 3.00 bits per heavy atom. The van der Waals surface area contributed by atoms with Crippen LogP contribution in [0.1, 0.15) is 18.1 Å². The number of aromatic nitrogens is 1. The second kappa shape index (κ2) is 8.20. The fourth-order valence-electron chi connectivity index (χ4n) is 1.85. The van der Waals surface area contributed by atoms with Gasteiger partial charge in [0.25, 0.3) is 0 Å². The summed E-state index contributed by atoms with van der Waals surface area (Å²) in [5.41, 5.74) is 1.72. The SMILES string of the molecule is CCOc1ncccc1CNC(=O)C=Cc1cccc(Cl)c1. The zero-order chi connectivity index (χ0) is 15.8. The standard InChI is InChI=1S/C17H17ClN2O2/c1-2-22-17-14(6-4-10-19-17)12-20-16(21)9-8-13-5-3-7-15(18)11-13/h3-11H,2,12H2,1H3,(H,20,21). The summed E-state index contributed by atoms with van der Waals surface area (Å²) < 4.78 is 5.42. The van der Waals surface area contributed by atoms with Crippen LogP contribution in [0.25, 0.3) is 6.08 Å². The average Bonchev–Trinajstić information content (AvgIpc) is 2.52. The first-order valence-electron chi connectivity index (χ1n) is 6.97. The van der Waals surface area contributed by atoms with Crippen LogP contribution in [0.15, 0.2) is 48.7 Å². The number of hydrogen-bond acceptors (Lipinski definition) is 3. The maximum atomic E-state index is 11.9. The first-order valence-corrected chi connectivity index (χ1v) is 7.35. The molecule has 1 aromatic carbocycles. The Hall–Kier alpha value is -2.33.